The smallest absolute Gasteiger partial charge is 0.248 e. The third-order valence-electron chi connectivity index (χ3n) is 7.07. The minimum atomic E-state index is -1.46. The number of morpholine rings is 1. The van der Waals surface area contributed by atoms with E-state index in [0.29, 0.717) is 37.1 Å². The van der Waals surface area contributed by atoms with Crippen molar-refractivity contribution in [2.75, 3.05) is 56.3 Å². The molecule has 2 saturated heterocycles. The topological polar surface area (TPSA) is 157 Å². The molecule has 13 heteroatoms. The van der Waals surface area contributed by atoms with Gasteiger partial charge in [0.1, 0.15) is 30.9 Å². The van der Waals surface area contributed by atoms with Gasteiger partial charge in [-0.25, -0.2) is 14.4 Å². The molecule has 0 spiro atoms. The summed E-state index contributed by atoms with van der Waals surface area (Å²) in [6.07, 6.45) is -0.684. The van der Waals surface area contributed by atoms with E-state index in [1.165, 1.54) is 11.2 Å². The second kappa shape index (κ2) is 12.9. The summed E-state index contributed by atoms with van der Waals surface area (Å²) in [6.45, 7) is 1.20. The van der Waals surface area contributed by atoms with E-state index >= 15 is 0 Å². The number of likely N-dealkylation sites (tertiary alicyclic amines) is 1. The first-order valence-electron chi connectivity index (χ1n) is 13.2. The molecule has 3 atom stereocenters. The number of halogens is 1. The number of nitriles is 1. The van der Waals surface area contributed by atoms with Gasteiger partial charge in [0, 0.05) is 36.4 Å². The van der Waals surface area contributed by atoms with Gasteiger partial charge in [-0.15, -0.1) is 0 Å². The van der Waals surface area contributed by atoms with Crippen molar-refractivity contribution in [2.45, 2.75) is 24.7 Å². The Balaban J connectivity index is 1.26. The lowest BCUT2D eigenvalue weighted by Gasteiger charge is -2.36. The summed E-state index contributed by atoms with van der Waals surface area (Å²) < 4.78 is 26.0. The Bertz CT molecular complexity index is 1400. The van der Waals surface area contributed by atoms with Crippen molar-refractivity contribution in [3.63, 3.8) is 0 Å². The summed E-state index contributed by atoms with van der Waals surface area (Å²) in [5, 5.41) is 31.5. The zero-order valence-electron chi connectivity index (χ0n) is 22.2. The summed E-state index contributed by atoms with van der Waals surface area (Å²) >= 11 is 0. The van der Waals surface area contributed by atoms with Gasteiger partial charge in [-0.3, -0.25) is 4.79 Å². The van der Waals surface area contributed by atoms with Crippen molar-refractivity contribution in [3.05, 3.63) is 54.4 Å². The second-order valence-corrected chi connectivity index (χ2v) is 9.69. The van der Waals surface area contributed by atoms with Gasteiger partial charge in [-0.05, 0) is 42.5 Å². The van der Waals surface area contributed by atoms with Gasteiger partial charge in [-0.1, -0.05) is 0 Å². The normalized spacial score (nSPS) is 20.8. The maximum Gasteiger partial charge on any atom is 0.248 e. The first-order valence-corrected chi connectivity index (χ1v) is 13.2. The lowest BCUT2D eigenvalue weighted by Crippen LogP contribution is -2.50. The first kappa shape index (κ1) is 28.2. The summed E-state index contributed by atoms with van der Waals surface area (Å²) in [5.41, 5.74) is 2.48. The molecule has 2 aliphatic rings. The Hall–Kier alpha value is -4.38. The predicted octanol–water partition coefficient (Wildman–Crippen LogP) is 1.66. The van der Waals surface area contributed by atoms with Gasteiger partial charge in [0.25, 0.3) is 0 Å². The minimum absolute atomic E-state index is 0.0114. The van der Waals surface area contributed by atoms with E-state index in [9.17, 15) is 19.6 Å². The lowest BCUT2D eigenvalue weighted by molar-refractivity contribution is -0.138. The number of nitrogens with one attached hydrogen (secondary N) is 1. The molecule has 3 heterocycles. The van der Waals surface area contributed by atoms with Crippen molar-refractivity contribution in [1.82, 2.24) is 19.9 Å². The standard InChI is InChI=1S/C28H30FN7O5/c29-23-13-35(26(39)15-38)8-7-25(23)41-24-6-1-18(11-19(24)12-30)27-31-17-32-28(34-27)33-20-2-4-21(5-3-20)36-9-10-40-16-22(36)14-37/h1-6,11,17,22-23,25,37-38H,7-10,13-16H2,(H,31,32,33,34)/t22?,23-,25+/m1/s1. The molecule has 12 nitrogen and oxygen atoms in total. The van der Waals surface area contributed by atoms with Gasteiger partial charge in [-0.2, -0.15) is 10.2 Å². The van der Waals surface area contributed by atoms with Crippen LogP contribution >= 0.6 is 0 Å². The average molecular weight is 564 g/mol. The van der Waals surface area contributed by atoms with Crippen LogP contribution in [-0.4, -0.2) is 100 Å². The highest BCUT2D eigenvalue weighted by Crippen LogP contribution is 2.29. The number of hydrogen-bond acceptors (Lipinski definition) is 11. The summed E-state index contributed by atoms with van der Waals surface area (Å²) in [7, 11) is 0. The molecule has 41 heavy (non-hydrogen) atoms. The van der Waals surface area contributed by atoms with E-state index in [1.54, 1.807) is 18.2 Å². The zero-order valence-corrected chi connectivity index (χ0v) is 22.2. The maximum atomic E-state index is 14.7. The molecular weight excluding hydrogens is 533 g/mol. The molecule has 0 saturated carbocycles. The van der Waals surface area contributed by atoms with Gasteiger partial charge < -0.3 is 34.8 Å². The number of anilines is 3. The monoisotopic (exact) mass is 563 g/mol. The van der Waals surface area contributed by atoms with Crippen molar-refractivity contribution in [2.24, 2.45) is 0 Å². The van der Waals surface area contributed by atoms with E-state index in [1.807, 2.05) is 24.3 Å². The van der Waals surface area contributed by atoms with Crippen LogP contribution in [-0.2, 0) is 9.53 Å². The molecule has 2 aliphatic heterocycles. The molecule has 5 rings (SSSR count). The lowest BCUT2D eigenvalue weighted by atomic mass is 10.0. The number of benzene rings is 2. The van der Waals surface area contributed by atoms with Crippen molar-refractivity contribution >= 4 is 23.2 Å². The number of piperidine rings is 1. The first-order chi connectivity index (χ1) is 20.0. The molecule has 3 N–H and O–H groups in total. The number of hydrogen-bond donors (Lipinski definition) is 3. The number of alkyl halides is 1. The fraction of sp³-hybridized carbons (Fsp3) is 0.393. The average Bonchev–Trinajstić information content (AvgIpc) is 3.02. The molecule has 1 aromatic heterocycles. The van der Waals surface area contributed by atoms with Crippen LogP contribution in [0.1, 0.15) is 12.0 Å². The van der Waals surface area contributed by atoms with Crippen LogP contribution in [0, 0.1) is 11.3 Å². The Morgan fingerprint density at radius 1 is 1.20 bits per heavy atom. The molecule has 0 bridgehead atoms. The van der Waals surface area contributed by atoms with Crippen LogP contribution in [0.25, 0.3) is 11.4 Å². The van der Waals surface area contributed by atoms with Gasteiger partial charge in [0.2, 0.25) is 11.9 Å². The van der Waals surface area contributed by atoms with Crippen molar-refractivity contribution in [3.8, 4) is 23.2 Å². The molecule has 2 aromatic carbocycles. The number of aliphatic hydroxyl groups is 2. The molecule has 0 radical (unpaired) electrons. The number of rotatable bonds is 8. The number of aromatic nitrogens is 3. The van der Waals surface area contributed by atoms with Crippen molar-refractivity contribution in [1.29, 1.82) is 5.26 Å². The quantitative estimate of drug-likeness (QED) is 0.366. The van der Waals surface area contributed by atoms with E-state index in [2.05, 4.69) is 31.2 Å². The Kier molecular flexibility index (Phi) is 8.83. The summed E-state index contributed by atoms with van der Waals surface area (Å²) in [4.78, 5) is 28.0. The highest BCUT2D eigenvalue weighted by atomic mass is 19.1. The number of carbonyl (C=O) groups excluding carboxylic acids is 1. The molecule has 1 unspecified atom stereocenters. The largest absolute Gasteiger partial charge is 0.486 e. The Morgan fingerprint density at radius 3 is 2.76 bits per heavy atom. The Labute approximate surface area is 236 Å². The molecule has 3 aromatic rings. The van der Waals surface area contributed by atoms with E-state index < -0.39 is 24.8 Å². The third-order valence-corrected chi connectivity index (χ3v) is 7.07. The number of carbonyl (C=O) groups is 1. The number of nitrogens with zero attached hydrogens (tertiary/aromatic N) is 6. The molecule has 0 aliphatic carbocycles. The summed E-state index contributed by atoms with van der Waals surface area (Å²) in [5.74, 6) is 0.341. The number of amides is 1. The van der Waals surface area contributed by atoms with Gasteiger partial charge in [0.05, 0.1) is 38.0 Å². The Morgan fingerprint density at radius 2 is 2.02 bits per heavy atom. The summed E-state index contributed by atoms with van der Waals surface area (Å²) in [6, 6.07) is 14.5. The van der Waals surface area contributed by atoms with Crippen LogP contribution in [0.3, 0.4) is 0 Å². The highest BCUT2D eigenvalue weighted by Gasteiger charge is 2.33. The predicted molar refractivity (Wildman–Crippen MR) is 146 cm³/mol. The zero-order chi connectivity index (χ0) is 28.8. The molecular formula is C28H30FN7O5. The SMILES string of the molecule is N#Cc1cc(-c2ncnc(Nc3ccc(N4CCOCC4CO)cc3)n2)ccc1O[C@H]1CCN(C(=O)CO)C[C@H]1F. The number of ether oxygens (including phenoxy) is 2. The molecule has 1 amide bonds. The van der Waals surface area contributed by atoms with E-state index in [4.69, 9.17) is 14.6 Å². The minimum Gasteiger partial charge on any atom is -0.486 e. The molecule has 214 valence electrons. The van der Waals surface area contributed by atoms with Crippen LogP contribution < -0.4 is 15.0 Å². The van der Waals surface area contributed by atoms with Crippen LogP contribution in [0.15, 0.2) is 48.8 Å². The number of aliphatic hydroxyl groups excluding tert-OH is 2. The van der Waals surface area contributed by atoms with Crippen LogP contribution in [0.4, 0.5) is 21.7 Å². The van der Waals surface area contributed by atoms with Gasteiger partial charge >= 0.3 is 0 Å². The molecule has 2 fully saturated rings. The van der Waals surface area contributed by atoms with Crippen LogP contribution in [0.2, 0.25) is 0 Å². The van der Waals surface area contributed by atoms with E-state index in [-0.39, 0.29) is 43.5 Å². The third kappa shape index (κ3) is 6.51. The van der Waals surface area contributed by atoms with Gasteiger partial charge in [0.15, 0.2) is 12.0 Å². The second-order valence-electron chi connectivity index (χ2n) is 9.69. The van der Waals surface area contributed by atoms with Crippen LogP contribution in [0.5, 0.6) is 5.75 Å². The highest BCUT2D eigenvalue weighted by molar-refractivity contribution is 5.77. The maximum absolute atomic E-state index is 14.7. The fourth-order valence-corrected chi connectivity index (χ4v) is 4.87. The van der Waals surface area contributed by atoms with Crippen molar-refractivity contribution < 1.29 is 28.9 Å². The fourth-order valence-electron chi connectivity index (χ4n) is 4.87. The van der Waals surface area contributed by atoms with E-state index in [0.717, 1.165) is 11.4 Å².